The zero-order valence-corrected chi connectivity index (χ0v) is 14.1. The highest BCUT2D eigenvalue weighted by Crippen LogP contribution is 2.14. The molecule has 0 saturated carbocycles. The van der Waals surface area contributed by atoms with Crippen LogP contribution < -0.4 is 5.32 Å². The molecule has 0 atom stereocenters. The lowest BCUT2D eigenvalue weighted by molar-refractivity contribution is 0.0946. The van der Waals surface area contributed by atoms with Crippen molar-refractivity contribution in [3.63, 3.8) is 0 Å². The maximum atomic E-state index is 13.5. The fraction of sp³-hybridized carbons (Fsp3) is 0.500. The van der Waals surface area contributed by atoms with Crippen LogP contribution in [0.25, 0.3) is 0 Å². The van der Waals surface area contributed by atoms with Gasteiger partial charge in [-0.1, -0.05) is 0 Å². The minimum absolute atomic E-state index is 0.0421. The zero-order chi connectivity index (χ0) is 18.3. The van der Waals surface area contributed by atoms with Gasteiger partial charge in [0.15, 0.2) is 17.5 Å². The molecule has 0 spiro atoms. The number of ether oxygens (including phenoxy) is 1. The molecule has 10 heteroatoms. The summed E-state index contributed by atoms with van der Waals surface area (Å²) in [5, 5.41) is 2.27. The number of methoxy groups -OCH3 is 1. The average Bonchev–Trinajstić information content (AvgIpc) is 2.50. The first kappa shape index (κ1) is 20.4. The van der Waals surface area contributed by atoms with Crippen LogP contribution in [-0.4, -0.2) is 58.2 Å². The van der Waals surface area contributed by atoms with Gasteiger partial charge in [-0.2, -0.15) is 0 Å². The van der Waals surface area contributed by atoms with Gasteiger partial charge in [0, 0.05) is 33.4 Å². The molecular formula is C14H19F3N2O4S. The molecule has 1 rings (SSSR count). The summed E-state index contributed by atoms with van der Waals surface area (Å²) in [4.78, 5) is 11.8. The van der Waals surface area contributed by atoms with Crippen molar-refractivity contribution >= 4 is 15.9 Å². The van der Waals surface area contributed by atoms with E-state index < -0.39 is 38.9 Å². The minimum atomic E-state index is -3.49. The van der Waals surface area contributed by atoms with Crippen molar-refractivity contribution in [1.29, 1.82) is 0 Å². The summed E-state index contributed by atoms with van der Waals surface area (Å²) in [6.07, 6.45) is 1.49. The number of sulfonamides is 1. The number of rotatable bonds is 9. The van der Waals surface area contributed by atoms with Crippen LogP contribution in [0.3, 0.4) is 0 Å². The van der Waals surface area contributed by atoms with Gasteiger partial charge in [-0.15, -0.1) is 0 Å². The van der Waals surface area contributed by atoms with Crippen LogP contribution >= 0.6 is 0 Å². The lowest BCUT2D eigenvalue weighted by Crippen LogP contribution is -2.39. The number of nitrogens with one attached hydrogen (secondary N) is 1. The monoisotopic (exact) mass is 368 g/mol. The van der Waals surface area contributed by atoms with Crippen LogP contribution in [0.4, 0.5) is 13.2 Å². The highest BCUT2D eigenvalue weighted by atomic mass is 32.2. The lowest BCUT2D eigenvalue weighted by atomic mass is 10.2. The average molecular weight is 368 g/mol. The Morgan fingerprint density at radius 3 is 2.46 bits per heavy atom. The number of benzene rings is 1. The molecule has 0 radical (unpaired) electrons. The fourth-order valence-corrected chi connectivity index (χ4v) is 2.80. The molecule has 0 heterocycles. The number of carbonyl (C=O) groups is 1. The second kappa shape index (κ2) is 9.00. The van der Waals surface area contributed by atoms with Gasteiger partial charge in [0.1, 0.15) is 0 Å². The summed E-state index contributed by atoms with van der Waals surface area (Å²) in [5.74, 6) is -5.69. The standard InChI is InChI=1S/C14H19F3N2O4S/c1-23-9-3-7-19(24(2,21)22)8-6-18-14(20)10-4-5-11(15)13(17)12(10)16/h4-5H,3,6-9H2,1-2H3,(H,18,20). The molecule has 1 aromatic rings. The van der Waals surface area contributed by atoms with Crippen molar-refractivity contribution in [3.8, 4) is 0 Å². The van der Waals surface area contributed by atoms with Gasteiger partial charge in [-0.05, 0) is 18.6 Å². The molecular weight excluding hydrogens is 349 g/mol. The van der Waals surface area contributed by atoms with E-state index in [1.54, 1.807) is 0 Å². The van der Waals surface area contributed by atoms with Crippen molar-refractivity contribution in [2.24, 2.45) is 0 Å². The molecule has 1 N–H and O–H groups in total. The Bertz CT molecular complexity index is 683. The number of carbonyl (C=O) groups excluding carboxylic acids is 1. The molecule has 0 aliphatic rings. The van der Waals surface area contributed by atoms with E-state index >= 15 is 0 Å². The van der Waals surface area contributed by atoms with Crippen molar-refractivity contribution < 1.29 is 31.1 Å². The minimum Gasteiger partial charge on any atom is -0.385 e. The van der Waals surface area contributed by atoms with Crippen LogP contribution in [0.1, 0.15) is 16.8 Å². The van der Waals surface area contributed by atoms with E-state index in [1.807, 2.05) is 0 Å². The van der Waals surface area contributed by atoms with Crippen LogP contribution in [-0.2, 0) is 14.8 Å². The van der Waals surface area contributed by atoms with Crippen LogP contribution in [0, 0.1) is 17.5 Å². The third-order valence-electron chi connectivity index (χ3n) is 3.15. The van der Waals surface area contributed by atoms with Crippen molar-refractivity contribution in [1.82, 2.24) is 9.62 Å². The summed E-state index contributed by atoms with van der Waals surface area (Å²) in [5.41, 5.74) is -0.654. The molecule has 0 aromatic heterocycles. The van der Waals surface area contributed by atoms with Gasteiger partial charge in [-0.25, -0.2) is 25.9 Å². The maximum Gasteiger partial charge on any atom is 0.254 e. The molecule has 6 nitrogen and oxygen atoms in total. The normalized spacial score (nSPS) is 11.8. The number of halogens is 3. The van der Waals surface area contributed by atoms with Gasteiger partial charge in [0.25, 0.3) is 5.91 Å². The quantitative estimate of drug-likeness (QED) is 0.524. The smallest absolute Gasteiger partial charge is 0.254 e. The Labute approximate surface area is 138 Å². The van der Waals surface area contributed by atoms with E-state index in [2.05, 4.69) is 5.32 Å². The van der Waals surface area contributed by atoms with Gasteiger partial charge in [-0.3, -0.25) is 4.79 Å². The first-order valence-electron chi connectivity index (χ1n) is 7.04. The predicted octanol–water partition coefficient (Wildman–Crippen LogP) is 1.13. The van der Waals surface area contributed by atoms with E-state index in [4.69, 9.17) is 4.74 Å². The Morgan fingerprint density at radius 2 is 1.88 bits per heavy atom. The molecule has 0 bridgehead atoms. The third-order valence-corrected chi connectivity index (χ3v) is 4.45. The zero-order valence-electron chi connectivity index (χ0n) is 13.3. The molecule has 0 saturated heterocycles. The Kier molecular flexibility index (Phi) is 7.64. The molecule has 1 aromatic carbocycles. The SMILES string of the molecule is COCCCN(CCNC(=O)c1ccc(F)c(F)c1F)S(C)(=O)=O. The Balaban J connectivity index is 2.64. The van der Waals surface area contributed by atoms with E-state index in [-0.39, 0.29) is 19.6 Å². The third kappa shape index (κ3) is 5.77. The van der Waals surface area contributed by atoms with Crippen LogP contribution in [0.2, 0.25) is 0 Å². The van der Waals surface area contributed by atoms with Crippen molar-refractivity contribution in [2.45, 2.75) is 6.42 Å². The summed E-state index contributed by atoms with van der Waals surface area (Å²) >= 11 is 0. The second-order valence-corrected chi connectivity index (χ2v) is 6.97. The number of amides is 1. The highest BCUT2D eigenvalue weighted by Gasteiger charge is 2.20. The fourth-order valence-electron chi connectivity index (χ4n) is 1.92. The molecule has 136 valence electrons. The van der Waals surface area contributed by atoms with Gasteiger partial charge in [0.2, 0.25) is 10.0 Å². The van der Waals surface area contributed by atoms with Crippen LogP contribution in [0.5, 0.6) is 0 Å². The Morgan fingerprint density at radius 1 is 1.21 bits per heavy atom. The summed E-state index contributed by atoms with van der Waals surface area (Å²) in [6.45, 7) is 0.414. The lowest BCUT2D eigenvalue weighted by Gasteiger charge is -2.20. The molecule has 1 amide bonds. The number of hydrogen-bond donors (Lipinski definition) is 1. The first-order chi connectivity index (χ1) is 11.2. The molecule has 0 unspecified atom stereocenters. The van der Waals surface area contributed by atoms with Gasteiger partial charge < -0.3 is 10.1 Å². The number of nitrogens with zero attached hydrogens (tertiary/aromatic N) is 1. The summed E-state index contributed by atoms with van der Waals surface area (Å²) in [6, 6.07) is 1.46. The second-order valence-electron chi connectivity index (χ2n) is 4.99. The van der Waals surface area contributed by atoms with E-state index in [9.17, 15) is 26.4 Å². The molecule has 0 fully saturated rings. The molecule has 0 aliphatic heterocycles. The van der Waals surface area contributed by atoms with Gasteiger partial charge >= 0.3 is 0 Å². The highest BCUT2D eigenvalue weighted by molar-refractivity contribution is 7.88. The van der Waals surface area contributed by atoms with E-state index in [0.717, 1.165) is 16.6 Å². The summed E-state index contributed by atoms with van der Waals surface area (Å²) in [7, 11) is -2.00. The van der Waals surface area contributed by atoms with Crippen LogP contribution in [0.15, 0.2) is 12.1 Å². The van der Waals surface area contributed by atoms with E-state index in [1.165, 1.54) is 7.11 Å². The summed E-state index contributed by atoms with van der Waals surface area (Å²) < 4.78 is 68.7. The largest absolute Gasteiger partial charge is 0.385 e. The molecule has 0 aliphatic carbocycles. The molecule has 24 heavy (non-hydrogen) atoms. The van der Waals surface area contributed by atoms with Gasteiger partial charge in [0.05, 0.1) is 11.8 Å². The van der Waals surface area contributed by atoms with E-state index in [0.29, 0.717) is 19.1 Å². The first-order valence-corrected chi connectivity index (χ1v) is 8.89. The van der Waals surface area contributed by atoms with Crippen molar-refractivity contribution in [2.75, 3.05) is 39.6 Å². The topological polar surface area (TPSA) is 75.7 Å². The maximum absolute atomic E-state index is 13.5. The Hall–Kier alpha value is -1.65. The number of hydrogen-bond acceptors (Lipinski definition) is 4. The van der Waals surface area contributed by atoms with Crippen molar-refractivity contribution in [3.05, 3.63) is 35.1 Å². The predicted molar refractivity (Wildman–Crippen MR) is 81.6 cm³/mol.